The lowest BCUT2D eigenvalue weighted by molar-refractivity contribution is 0.108. The Labute approximate surface area is 212 Å². The van der Waals surface area contributed by atoms with Crippen LogP contribution in [0.3, 0.4) is 0 Å². The Kier molecular flexibility index (Phi) is 7.16. The van der Waals surface area contributed by atoms with Crippen molar-refractivity contribution in [3.8, 4) is 5.75 Å². The Morgan fingerprint density at radius 2 is 1.89 bits per heavy atom. The molecule has 3 N–H and O–H groups in total. The molecule has 0 unspecified atom stereocenters. The van der Waals surface area contributed by atoms with Crippen LogP contribution in [-0.2, 0) is 11.4 Å². The van der Waals surface area contributed by atoms with Gasteiger partial charge in [-0.05, 0) is 48.0 Å². The maximum Gasteiger partial charge on any atom is 0.151 e. The van der Waals surface area contributed by atoms with Gasteiger partial charge in [-0.3, -0.25) is 4.68 Å². The van der Waals surface area contributed by atoms with E-state index in [4.69, 9.17) is 15.3 Å². The number of benzene rings is 3. The molecule has 5 aromatic rings. The average Bonchev–Trinajstić information content (AvgIpc) is 3.30. The van der Waals surface area contributed by atoms with Gasteiger partial charge in [0.05, 0.1) is 30.0 Å². The summed E-state index contributed by atoms with van der Waals surface area (Å²) in [5.74, 6) is 1.23. The first-order valence-corrected chi connectivity index (χ1v) is 11.6. The molecule has 0 bridgehead atoms. The van der Waals surface area contributed by atoms with Crippen LogP contribution in [0.15, 0.2) is 90.5 Å². The second-order valence-corrected chi connectivity index (χ2v) is 8.08. The molecule has 0 saturated heterocycles. The molecule has 0 fully saturated rings. The number of hydrogen-bond acceptors (Lipinski definition) is 8. The maximum absolute atomic E-state index is 13.5. The topological polar surface area (TPSA) is 112 Å². The lowest BCUT2D eigenvalue weighted by atomic mass is 10.2. The fraction of sp³-hybridized carbons (Fsp3) is 0.111. The predicted molar refractivity (Wildman–Crippen MR) is 140 cm³/mol. The molecule has 0 radical (unpaired) electrons. The molecule has 0 aliphatic carbocycles. The van der Waals surface area contributed by atoms with Gasteiger partial charge < -0.3 is 20.6 Å². The van der Waals surface area contributed by atoms with Crippen molar-refractivity contribution in [3.05, 3.63) is 102 Å². The Balaban J connectivity index is 1.24. The number of fused-ring (bicyclic) bond motifs is 1. The number of rotatable bonds is 10. The third-order valence-corrected chi connectivity index (χ3v) is 5.48. The lowest BCUT2D eigenvalue weighted by Gasteiger charge is -2.10. The van der Waals surface area contributed by atoms with Crippen molar-refractivity contribution < 1.29 is 14.0 Å². The van der Waals surface area contributed by atoms with E-state index in [0.717, 1.165) is 27.9 Å². The number of anilines is 3. The fourth-order valence-electron chi connectivity index (χ4n) is 3.73. The van der Waals surface area contributed by atoms with Crippen molar-refractivity contribution in [2.24, 2.45) is 5.16 Å². The van der Waals surface area contributed by atoms with Gasteiger partial charge >= 0.3 is 0 Å². The summed E-state index contributed by atoms with van der Waals surface area (Å²) < 4.78 is 21.0. The fourth-order valence-corrected chi connectivity index (χ4v) is 3.73. The molecule has 0 spiro atoms. The average molecular weight is 498 g/mol. The number of oxime groups is 1. The van der Waals surface area contributed by atoms with E-state index in [9.17, 15) is 4.39 Å². The Bertz CT molecular complexity index is 1520. The second kappa shape index (κ2) is 11.2. The van der Waals surface area contributed by atoms with Crippen LogP contribution in [0.2, 0.25) is 0 Å². The number of ether oxygens (including phenoxy) is 1. The van der Waals surface area contributed by atoms with E-state index in [1.54, 1.807) is 12.3 Å². The van der Waals surface area contributed by atoms with E-state index in [2.05, 4.69) is 25.5 Å². The second-order valence-electron chi connectivity index (χ2n) is 8.08. The minimum Gasteiger partial charge on any atom is -0.490 e. The molecule has 3 aromatic carbocycles. The highest BCUT2D eigenvalue weighted by atomic mass is 19.1. The van der Waals surface area contributed by atoms with Gasteiger partial charge in [-0.1, -0.05) is 35.5 Å². The third kappa shape index (κ3) is 5.99. The monoisotopic (exact) mass is 497 g/mol. The summed E-state index contributed by atoms with van der Waals surface area (Å²) in [6.07, 6.45) is 4.61. The molecular formula is C27H24FN7O2. The van der Waals surface area contributed by atoms with Gasteiger partial charge in [0.2, 0.25) is 0 Å². The molecule has 0 amide bonds. The molecule has 0 atom stereocenters. The van der Waals surface area contributed by atoms with E-state index in [1.807, 2.05) is 59.3 Å². The van der Waals surface area contributed by atoms with Crippen molar-refractivity contribution in [1.29, 1.82) is 0 Å². The van der Waals surface area contributed by atoms with Crippen LogP contribution in [0.25, 0.3) is 10.9 Å². The Hall–Kier alpha value is -4.99. The molecule has 10 heteroatoms. The highest BCUT2D eigenvalue weighted by Gasteiger charge is 2.10. The van der Waals surface area contributed by atoms with Crippen molar-refractivity contribution >= 4 is 34.4 Å². The van der Waals surface area contributed by atoms with Gasteiger partial charge in [-0.15, -0.1) is 0 Å². The minimum absolute atomic E-state index is 0.259. The van der Waals surface area contributed by atoms with E-state index >= 15 is 0 Å². The smallest absolute Gasteiger partial charge is 0.151 e. The van der Waals surface area contributed by atoms with Crippen LogP contribution >= 0.6 is 0 Å². The standard InChI is InChI=1S/C27H24FN7O2/c28-21-6-4-5-19(13-21)17-35-25-10-9-22(14-20(25)15-32-35)34-27-24(26(29)30-18-31-27)16-33-37-12-11-36-23-7-2-1-3-8-23/h1-10,13-16,18H,11-12,17H2,(H3,29,30,31,34). The van der Waals surface area contributed by atoms with E-state index in [1.165, 1.54) is 24.7 Å². The first-order valence-electron chi connectivity index (χ1n) is 11.6. The quantitative estimate of drug-likeness (QED) is 0.162. The molecule has 5 rings (SSSR count). The zero-order valence-electron chi connectivity index (χ0n) is 19.8. The summed E-state index contributed by atoms with van der Waals surface area (Å²) in [5.41, 5.74) is 9.10. The van der Waals surface area contributed by atoms with Gasteiger partial charge in [0.15, 0.2) is 6.61 Å². The molecule has 186 valence electrons. The summed E-state index contributed by atoms with van der Waals surface area (Å²) in [5, 5.41) is 12.6. The maximum atomic E-state index is 13.5. The summed E-state index contributed by atoms with van der Waals surface area (Å²) in [7, 11) is 0. The van der Waals surface area contributed by atoms with Crippen molar-refractivity contribution in [2.45, 2.75) is 6.54 Å². The number of nitrogens with zero attached hydrogens (tertiary/aromatic N) is 5. The van der Waals surface area contributed by atoms with Crippen LogP contribution in [0.4, 0.5) is 21.7 Å². The van der Waals surface area contributed by atoms with Gasteiger partial charge in [-0.25, -0.2) is 14.4 Å². The van der Waals surface area contributed by atoms with Crippen LogP contribution < -0.4 is 15.8 Å². The van der Waals surface area contributed by atoms with E-state index in [0.29, 0.717) is 24.5 Å². The molecule has 2 aromatic heterocycles. The number of aromatic nitrogens is 4. The number of nitrogens with two attached hydrogens (primary N) is 1. The molecule has 2 heterocycles. The Morgan fingerprint density at radius 1 is 1.00 bits per heavy atom. The summed E-state index contributed by atoms with van der Waals surface area (Å²) >= 11 is 0. The van der Waals surface area contributed by atoms with Crippen LogP contribution in [0, 0.1) is 5.82 Å². The van der Waals surface area contributed by atoms with Crippen molar-refractivity contribution in [2.75, 3.05) is 24.3 Å². The summed E-state index contributed by atoms with van der Waals surface area (Å²) in [6, 6.07) is 21.8. The largest absolute Gasteiger partial charge is 0.490 e. The summed E-state index contributed by atoms with van der Waals surface area (Å²) in [6.45, 7) is 1.08. The number of nitrogen functional groups attached to an aromatic ring is 1. The molecule has 0 aliphatic rings. The first kappa shape index (κ1) is 23.7. The van der Waals surface area contributed by atoms with Crippen LogP contribution in [0.5, 0.6) is 5.75 Å². The lowest BCUT2D eigenvalue weighted by Crippen LogP contribution is -2.06. The van der Waals surface area contributed by atoms with Crippen molar-refractivity contribution in [1.82, 2.24) is 19.7 Å². The molecule has 0 aliphatic heterocycles. The number of hydrogen-bond donors (Lipinski definition) is 2. The molecule has 9 nitrogen and oxygen atoms in total. The van der Waals surface area contributed by atoms with Gasteiger partial charge in [0, 0.05) is 11.1 Å². The van der Waals surface area contributed by atoms with Crippen LogP contribution in [0.1, 0.15) is 11.1 Å². The zero-order valence-corrected chi connectivity index (χ0v) is 19.8. The SMILES string of the molecule is Nc1ncnc(Nc2ccc3c(cnn3Cc3cccc(F)c3)c2)c1C=NOCCOc1ccccc1. The highest BCUT2D eigenvalue weighted by molar-refractivity contribution is 5.93. The normalized spacial score (nSPS) is 11.2. The molecular weight excluding hydrogens is 473 g/mol. The first-order chi connectivity index (χ1) is 18.2. The number of para-hydroxylation sites is 1. The van der Waals surface area contributed by atoms with E-state index in [-0.39, 0.29) is 18.2 Å². The highest BCUT2D eigenvalue weighted by Crippen LogP contribution is 2.24. The van der Waals surface area contributed by atoms with Gasteiger partial charge in [0.1, 0.15) is 36.1 Å². The van der Waals surface area contributed by atoms with Crippen LogP contribution in [-0.4, -0.2) is 39.2 Å². The van der Waals surface area contributed by atoms with E-state index < -0.39 is 0 Å². The van der Waals surface area contributed by atoms with Crippen molar-refractivity contribution in [3.63, 3.8) is 0 Å². The number of nitrogens with one attached hydrogen (secondary N) is 1. The summed E-state index contributed by atoms with van der Waals surface area (Å²) in [4.78, 5) is 13.7. The minimum atomic E-state index is -0.269. The van der Waals surface area contributed by atoms with Gasteiger partial charge in [0.25, 0.3) is 0 Å². The van der Waals surface area contributed by atoms with Gasteiger partial charge in [-0.2, -0.15) is 5.10 Å². The number of halogens is 1. The predicted octanol–water partition coefficient (Wildman–Crippen LogP) is 4.77. The molecule has 0 saturated carbocycles. The Morgan fingerprint density at radius 3 is 2.76 bits per heavy atom. The third-order valence-electron chi connectivity index (χ3n) is 5.48. The zero-order chi connectivity index (χ0) is 25.5. The molecule has 37 heavy (non-hydrogen) atoms.